The van der Waals surface area contributed by atoms with Crippen molar-refractivity contribution in [2.75, 3.05) is 10.6 Å². The third-order valence-electron chi connectivity index (χ3n) is 3.58. The summed E-state index contributed by atoms with van der Waals surface area (Å²) < 4.78 is 0. The summed E-state index contributed by atoms with van der Waals surface area (Å²) in [6.07, 6.45) is 0.463. The highest BCUT2D eigenvalue weighted by molar-refractivity contribution is 6.02. The van der Waals surface area contributed by atoms with Crippen molar-refractivity contribution in [3.63, 3.8) is 0 Å². The number of anilines is 2. The fourth-order valence-electron chi connectivity index (χ4n) is 2.38. The minimum absolute atomic E-state index is 0.00184. The first-order valence-electron chi connectivity index (χ1n) is 8.32. The zero-order valence-electron chi connectivity index (χ0n) is 14.6. The molecule has 0 atom stereocenters. The molecule has 1 aromatic heterocycles. The van der Waals surface area contributed by atoms with Gasteiger partial charge in [0.15, 0.2) is 0 Å². The summed E-state index contributed by atoms with van der Waals surface area (Å²) in [5.41, 5.74) is 2.49. The zero-order chi connectivity index (χ0) is 18.5. The summed E-state index contributed by atoms with van der Waals surface area (Å²) in [6, 6.07) is 14.1. The van der Waals surface area contributed by atoms with Crippen LogP contribution in [0.25, 0.3) is 11.0 Å². The van der Waals surface area contributed by atoms with E-state index in [1.807, 2.05) is 26.0 Å². The van der Waals surface area contributed by atoms with Crippen molar-refractivity contribution in [3.05, 3.63) is 54.4 Å². The van der Waals surface area contributed by atoms with E-state index in [-0.39, 0.29) is 11.7 Å². The van der Waals surface area contributed by atoms with Crippen LogP contribution in [0.5, 0.6) is 0 Å². The highest BCUT2D eigenvalue weighted by atomic mass is 16.2. The fourth-order valence-corrected chi connectivity index (χ4v) is 2.38. The fraction of sp³-hybridized carbons (Fsp3) is 0.211. The number of carbonyl (C=O) groups is 2. The summed E-state index contributed by atoms with van der Waals surface area (Å²) in [4.78, 5) is 28.3. The van der Waals surface area contributed by atoms with Gasteiger partial charge in [0.2, 0.25) is 11.7 Å². The maximum atomic E-state index is 12.3. The Hall–Kier alpha value is -3.35. The summed E-state index contributed by atoms with van der Waals surface area (Å²) in [5, 5.41) is 13.4. The second kappa shape index (κ2) is 7.69. The Bertz CT molecular complexity index is 938. The van der Waals surface area contributed by atoms with Gasteiger partial charge in [-0.1, -0.05) is 26.0 Å². The van der Waals surface area contributed by atoms with E-state index in [0.29, 0.717) is 34.7 Å². The summed E-state index contributed by atoms with van der Waals surface area (Å²) >= 11 is 0. The molecule has 0 radical (unpaired) electrons. The maximum Gasteiger partial charge on any atom is 0.295 e. The van der Waals surface area contributed by atoms with E-state index in [1.165, 1.54) is 0 Å². The standard InChI is InChI=1S/C19H19N5O2/c1-12(2)11-17(25)20-13-7-9-14(10-8-13)21-19(26)18-22-15-5-3-4-6-16(15)23-24-18/h3-10,12H,11H2,1-2H3,(H,20,25)(H,21,26). The molecular weight excluding hydrogens is 330 g/mol. The van der Waals surface area contributed by atoms with Crippen molar-refractivity contribution in [1.29, 1.82) is 0 Å². The lowest BCUT2D eigenvalue weighted by Crippen LogP contribution is -2.17. The third-order valence-corrected chi connectivity index (χ3v) is 3.58. The van der Waals surface area contributed by atoms with Crippen molar-refractivity contribution < 1.29 is 9.59 Å². The molecule has 0 unspecified atom stereocenters. The second-order valence-electron chi connectivity index (χ2n) is 6.30. The minimum atomic E-state index is -0.445. The van der Waals surface area contributed by atoms with Crippen molar-refractivity contribution >= 4 is 34.2 Å². The van der Waals surface area contributed by atoms with Crippen LogP contribution in [0.1, 0.15) is 30.9 Å². The third kappa shape index (κ3) is 4.38. The van der Waals surface area contributed by atoms with E-state index < -0.39 is 5.91 Å². The molecule has 26 heavy (non-hydrogen) atoms. The van der Waals surface area contributed by atoms with Crippen molar-refractivity contribution in [1.82, 2.24) is 15.2 Å². The van der Waals surface area contributed by atoms with Gasteiger partial charge in [-0.2, -0.15) is 0 Å². The number of nitrogens with one attached hydrogen (secondary N) is 2. The highest BCUT2D eigenvalue weighted by Gasteiger charge is 2.12. The molecule has 0 aliphatic rings. The smallest absolute Gasteiger partial charge is 0.295 e. The SMILES string of the molecule is CC(C)CC(=O)Nc1ccc(NC(=O)c2nnc3ccccc3n2)cc1. The monoisotopic (exact) mass is 349 g/mol. The lowest BCUT2D eigenvalue weighted by Gasteiger charge is -2.08. The molecule has 0 fully saturated rings. The first kappa shape index (κ1) is 17.5. The van der Waals surface area contributed by atoms with Gasteiger partial charge in [-0.15, -0.1) is 10.2 Å². The van der Waals surface area contributed by atoms with Gasteiger partial charge in [0.05, 0.1) is 5.52 Å². The molecule has 0 bridgehead atoms. The molecule has 0 aliphatic heterocycles. The van der Waals surface area contributed by atoms with Gasteiger partial charge in [0.1, 0.15) is 5.52 Å². The molecule has 3 rings (SSSR count). The molecule has 2 aromatic carbocycles. The number of hydrogen-bond donors (Lipinski definition) is 2. The lowest BCUT2D eigenvalue weighted by atomic mass is 10.1. The average Bonchev–Trinajstić information content (AvgIpc) is 2.62. The molecule has 0 spiro atoms. The van der Waals surface area contributed by atoms with Gasteiger partial charge < -0.3 is 10.6 Å². The molecule has 132 valence electrons. The van der Waals surface area contributed by atoms with Gasteiger partial charge in [-0.05, 0) is 42.3 Å². The number of benzene rings is 2. The molecule has 1 heterocycles. The topological polar surface area (TPSA) is 96.9 Å². The molecule has 2 N–H and O–H groups in total. The molecule has 7 nitrogen and oxygen atoms in total. The van der Waals surface area contributed by atoms with E-state index in [4.69, 9.17) is 0 Å². The molecular formula is C19H19N5O2. The van der Waals surface area contributed by atoms with Crippen LogP contribution in [0.2, 0.25) is 0 Å². The number of rotatable bonds is 5. The molecule has 3 aromatic rings. The Kier molecular flexibility index (Phi) is 5.17. The van der Waals surface area contributed by atoms with Crippen LogP contribution in [0.3, 0.4) is 0 Å². The van der Waals surface area contributed by atoms with Crippen LogP contribution in [0, 0.1) is 5.92 Å². The Balaban J connectivity index is 1.66. The molecule has 2 amide bonds. The quantitative estimate of drug-likeness (QED) is 0.737. The highest BCUT2D eigenvalue weighted by Crippen LogP contribution is 2.15. The van der Waals surface area contributed by atoms with Gasteiger partial charge in [0, 0.05) is 17.8 Å². The average molecular weight is 349 g/mol. The minimum Gasteiger partial charge on any atom is -0.326 e. The maximum absolute atomic E-state index is 12.3. The summed E-state index contributed by atoms with van der Waals surface area (Å²) in [6.45, 7) is 3.98. The first-order valence-corrected chi connectivity index (χ1v) is 8.32. The Morgan fingerprint density at radius 3 is 2.15 bits per heavy atom. The number of carbonyl (C=O) groups excluding carboxylic acids is 2. The molecule has 0 aliphatic carbocycles. The number of amides is 2. The van der Waals surface area contributed by atoms with Crippen LogP contribution in [0.15, 0.2) is 48.5 Å². The number of aromatic nitrogens is 3. The van der Waals surface area contributed by atoms with Crippen LogP contribution < -0.4 is 10.6 Å². The van der Waals surface area contributed by atoms with Crippen LogP contribution in [0.4, 0.5) is 11.4 Å². The zero-order valence-corrected chi connectivity index (χ0v) is 14.6. The van der Waals surface area contributed by atoms with Crippen LogP contribution >= 0.6 is 0 Å². The van der Waals surface area contributed by atoms with E-state index in [1.54, 1.807) is 36.4 Å². The number of nitrogens with zero attached hydrogens (tertiary/aromatic N) is 3. The van der Waals surface area contributed by atoms with E-state index in [2.05, 4.69) is 25.8 Å². The van der Waals surface area contributed by atoms with Crippen molar-refractivity contribution in [3.8, 4) is 0 Å². The first-order chi connectivity index (χ1) is 12.5. The molecule has 0 saturated carbocycles. The normalized spacial score (nSPS) is 10.7. The largest absolute Gasteiger partial charge is 0.326 e. The second-order valence-corrected chi connectivity index (χ2v) is 6.30. The van der Waals surface area contributed by atoms with Gasteiger partial charge in [-0.25, -0.2) is 4.98 Å². The Labute approximate surface area is 150 Å². The van der Waals surface area contributed by atoms with Gasteiger partial charge in [0.25, 0.3) is 5.91 Å². The lowest BCUT2D eigenvalue weighted by molar-refractivity contribution is -0.116. The number of hydrogen-bond acceptors (Lipinski definition) is 5. The number of fused-ring (bicyclic) bond motifs is 1. The van der Waals surface area contributed by atoms with Crippen molar-refractivity contribution in [2.24, 2.45) is 5.92 Å². The van der Waals surface area contributed by atoms with Gasteiger partial charge >= 0.3 is 0 Å². The molecule has 7 heteroatoms. The van der Waals surface area contributed by atoms with E-state index in [9.17, 15) is 9.59 Å². The van der Waals surface area contributed by atoms with Crippen LogP contribution in [-0.2, 0) is 4.79 Å². The molecule has 0 saturated heterocycles. The van der Waals surface area contributed by atoms with Gasteiger partial charge in [-0.3, -0.25) is 9.59 Å². The van der Waals surface area contributed by atoms with E-state index >= 15 is 0 Å². The number of para-hydroxylation sites is 1. The Morgan fingerprint density at radius 1 is 0.885 bits per heavy atom. The van der Waals surface area contributed by atoms with Crippen LogP contribution in [-0.4, -0.2) is 27.0 Å². The van der Waals surface area contributed by atoms with E-state index in [0.717, 1.165) is 0 Å². The van der Waals surface area contributed by atoms with Crippen molar-refractivity contribution in [2.45, 2.75) is 20.3 Å². The predicted octanol–water partition coefficient (Wildman–Crippen LogP) is 3.26. The Morgan fingerprint density at radius 2 is 1.50 bits per heavy atom. The predicted molar refractivity (Wildman–Crippen MR) is 99.8 cm³/mol. The summed E-state index contributed by atoms with van der Waals surface area (Å²) in [7, 11) is 0. The summed E-state index contributed by atoms with van der Waals surface area (Å²) in [5.74, 6) is -0.186.